The van der Waals surface area contributed by atoms with Crippen LogP contribution >= 0.6 is 0 Å². The Labute approximate surface area is 203 Å². The van der Waals surface area contributed by atoms with E-state index in [0.717, 1.165) is 0 Å². The number of hydrogen-bond acceptors (Lipinski definition) is 0. The molecule has 6 aromatic carbocycles. The summed E-state index contributed by atoms with van der Waals surface area (Å²) in [6, 6.07) is 46.4. The van der Waals surface area contributed by atoms with Gasteiger partial charge in [0.25, 0.3) is 0 Å². The van der Waals surface area contributed by atoms with Crippen molar-refractivity contribution < 1.29 is 0 Å². The zero-order chi connectivity index (χ0) is 22.9. The summed E-state index contributed by atoms with van der Waals surface area (Å²) >= 11 is 0. The van der Waals surface area contributed by atoms with Crippen LogP contribution < -0.4 is 0 Å². The number of aromatic nitrogens is 1. The Morgan fingerprint density at radius 2 is 1.20 bits per heavy atom. The zero-order valence-electron chi connectivity index (χ0n) is 19.1. The third-order valence-corrected chi connectivity index (χ3v) is 7.51. The number of para-hydroxylation sites is 1. The molecule has 0 bridgehead atoms. The molecule has 7 aromatic rings. The van der Waals surface area contributed by atoms with E-state index in [-0.39, 0.29) is 0 Å². The molecule has 0 fully saturated rings. The lowest BCUT2D eigenvalue weighted by atomic mass is 10.00. The van der Waals surface area contributed by atoms with Gasteiger partial charge in [0.05, 0.1) is 11.0 Å². The van der Waals surface area contributed by atoms with Crippen molar-refractivity contribution in [3.63, 3.8) is 0 Å². The molecular weight excluding hydrogens is 422 g/mol. The van der Waals surface area contributed by atoms with E-state index in [9.17, 15) is 0 Å². The van der Waals surface area contributed by atoms with Crippen LogP contribution in [0.1, 0.15) is 0 Å². The monoisotopic (exact) mass is 443 g/mol. The smallest absolute Gasteiger partial charge is 0.0625 e. The molecule has 1 aliphatic carbocycles. The molecule has 1 nitrogen and oxygen atoms in total. The molecule has 1 heterocycles. The largest absolute Gasteiger partial charge is 0.309 e. The maximum absolute atomic E-state index is 2.47. The Hall–Kier alpha value is -4.62. The highest BCUT2D eigenvalue weighted by atomic mass is 15.0. The first-order valence-corrected chi connectivity index (χ1v) is 12.1. The van der Waals surface area contributed by atoms with E-state index in [0.29, 0.717) is 0 Å². The molecule has 1 aliphatic rings. The van der Waals surface area contributed by atoms with Gasteiger partial charge in [0.2, 0.25) is 0 Å². The van der Waals surface area contributed by atoms with Gasteiger partial charge in [-0.3, -0.25) is 0 Å². The fourth-order valence-electron chi connectivity index (χ4n) is 6.05. The summed E-state index contributed by atoms with van der Waals surface area (Å²) in [5, 5.41) is 5.26. The molecule has 0 unspecified atom stereocenters. The van der Waals surface area contributed by atoms with Crippen LogP contribution in [0.15, 0.2) is 127 Å². The summed E-state index contributed by atoms with van der Waals surface area (Å²) in [7, 11) is 0. The van der Waals surface area contributed by atoms with E-state index in [4.69, 9.17) is 0 Å². The molecule has 0 saturated heterocycles. The minimum Gasteiger partial charge on any atom is -0.309 e. The molecule has 0 saturated carbocycles. The first-order chi connectivity index (χ1) is 17.4. The summed E-state index contributed by atoms with van der Waals surface area (Å²) in [6.07, 6.45) is 0. The minimum absolute atomic E-state index is 1.19. The highest BCUT2D eigenvalue weighted by Crippen LogP contribution is 2.51. The van der Waals surface area contributed by atoms with Gasteiger partial charge in [-0.15, -0.1) is 0 Å². The van der Waals surface area contributed by atoms with E-state index in [1.54, 1.807) is 0 Å². The maximum Gasteiger partial charge on any atom is 0.0625 e. The summed E-state index contributed by atoms with van der Waals surface area (Å²) in [4.78, 5) is 0. The molecule has 35 heavy (non-hydrogen) atoms. The summed E-state index contributed by atoms with van der Waals surface area (Å²) < 4.78 is 2.47. The fraction of sp³-hybridized carbons (Fsp3) is 0. The van der Waals surface area contributed by atoms with Crippen LogP contribution in [0.25, 0.3) is 71.6 Å². The normalized spacial score (nSPS) is 12.0. The number of benzene rings is 6. The molecule has 0 radical (unpaired) electrons. The van der Waals surface area contributed by atoms with E-state index in [2.05, 4.69) is 132 Å². The van der Waals surface area contributed by atoms with Crippen LogP contribution in [0.2, 0.25) is 0 Å². The van der Waals surface area contributed by atoms with E-state index in [1.807, 2.05) is 0 Å². The molecule has 0 N–H and O–H groups in total. The van der Waals surface area contributed by atoms with Crippen molar-refractivity contribution in [2.24, 2.45) is 0 Å². The van der Waals surface area contributed by atoms with Crippen molar-refractivity contribution in [2.75, 3.05) is 0 Å². The summed E-state index contributed by atoms with van der Waals surface area (Å²) in [5.41, 5.74) is 11.5. The Balaban J connectivity index is 1.52. The van der Waals surface area contributed by atoms with Gasteiger partial charge in [0.15, 0.2) is 0 Å². The second-order valence-electron chi connectivity index (χ2n) is 9.36. The fourth-order valence-corrected chi connectivity index (χ4v) is 6.05. The average molecular weight is 444 g/mol. The van der Waals surface area contributed by atoms with Crippen molar-refractivity contribution in [1.82, 2.24) is 4.57 Å². The molecule has 1 heteroatoms. The molecular formula is C34H21N. The highest BCUT2D eigenvalue weighted by molar-refractivity contribution is 6.24. The van der Waals surface area contributed by atoms with Crippen molar-refractivity contribution >= 4 is 32.6 Å². The van der Waals surface area contributed by atoms with Crippen molar-refractivity contribution in [2.45, 2.75) is 0 Å². The van der Waals surface area contributed by atoms with Gasteiger partial charge in [0.1, 0.15) is 0 Å². The zero-order valence-corrected chi connectivity index (χ0v) is 19.1. The average Bonchev–Trinajstić information content (AvgIpc) is 3.44. The third kappa shape index (κ3) is 2.53. The van der Waals surface area contributed by atoms with Gasteiger partial charge >= 0.3 is 0 Å². The number of hydrogen-bond donors (Lipinski definition) is 0. The van der Waals surface area contributed by atoms with E-state index >= 15 is 0 Å². The van der Waals surface area contributed by atoms with Crippen LogP contribution in [0.3, 0.4) is 0 Å². The van der Waals surface area contributed by atoms with Crippen molar-refractivity contribution in [1.29, 1.82) is 0 Å². The molecule has 0 amide bonds. The molecule has 0 aliphatic heterocycles. The predicted octanol–water partition coefficient (Wildman–Crippen LogP) is 9.25. The summed E-state index contributed by atoms with van der Waals surface area (Å²) in [6.45, 7) is 0. The maximum atomic E-state index is 2.47. The van der Waals surface area contributed by atoms with Crippen molar-refractivity contribution in [3.05, 3.63) is 127 Å². The highest BCUT2D eigenvalue weighted by Gasteiger charge is 2.26. The molecule has 8 rings (SSSR count). The number of fused-ring (bicyclic) bond motifs is 7. The summed E-state index contributed by atoms with van der Waals surface area (Å²) in [5.74, 6) is 0. The van der Waals surface area contributed by atoms with Crippen LogP contribution in [0.5, 0.6) is 0 Å². The Kier molecular flexibility index (Phi) is 3.72. The van der Waals surface area contributed by atoms with Gasteiger partial charge in [-0.2, -0.15) is 0 Å². The second kappa shape index (κ2) is 6.94. The van der Waals surface area contributed by atoms with Gasteiger partial charge < -0.3 is 4.57 Å². The molecule has 162 valence electrons. The second-order valence-corrected chi connectivity index (χ2v) is 9.36. The topological polar surface area (TPSA) is 4.93 Å². The van der Waals surface area contributed by atoms with Gasteiger partial charge in [-0.1, -0.05) is 109 Å². The quantitative estimate of drug-likeness (QED) is 0.251. The third-order valence-electron chi connectivity index (χ3n) is 7.51. The van der Waals surface area contributed by atoms with Crippen LogP contribution in [-0.2, 0) is 0 Å². The van der Waals surface area contributed by atoms with Crippen LogP contribution in [-0.4, -0.2) is 4.57 Å². The number of nitrogens with zero attached hydrogens (tertiary/aromatic N) is 1. The lowest BCUT2D eigenvalue weighted by molar-refractivity contribution is 1.18. The standard InChI is InChI=1S/C34H21N/c1-2-9-22(10-3-1)24-13-6-14-25(21-24)35-31-18-5-4-15-26(31)29-20-19-28-27-16-7-11-23-12-8-17-30(32(23)27)33(28)34(29)35/h1-21H. The van der Waals surface area contributed by atoms with Gasteiger partial charge in [-0.25, -0.2) is 0 Å². The Morgan fingerprint density at radius 3 is 2.09 bits per heavy atom. The lowest BCUT2D eigenvalue weighted by Crippen LogP contribution is -1.96. The molecule has 0 spiro atoms. The van der Waals surface area contributed by atoms with Crippen molar-refractivity contribution in [3.8, 4) is 39.1 Å². The van der Waals surface area contributed by atoms with Gasteiger partial charge in [-0.05, 0) is 56.8 Å². The van der Waals surface area contributed by atoms with E-state index in [1.165, 1.54) is 71.6 Å². The van der Waals surface area contributed by atoms with Crippen LogP contribution in [0.4, 0.5) is 0 Å². The number of rotatable bonds is 2. The molecule has 1 aromatic heterocycles. The SMILES string of the molecule is c1ccc(-c2cccc(-n3c4ccccc4c4ccc5c(c43)-c3cccc4cccc-5c34)c2)cc1. The van der Waals surface area contributed by atoms with Crippen LogP contribution in [0, 0.1) is 0 Å². The lowest BCUT2D eigenvalue weighted by Gasteiger charge is -2.13. The Morgan fingerprint density at radius 1 is 0.457 bits per heavy atom. The predicted molar refractivity (Wildman–Crippen MR) is 148 cm³/mol. The van der Waals surface area contributed by atoms with Gasteiger partial charge in [0, 0.05) is 22.0 Å². The molecule has 0 atom stereocenters. The van der Waals surface area contributed by atoms with E-state index < -0.39 is 0 Å². The first-order valence-electron chi connectivity index (χ1n) is 12.1. The Bertz CT molecular complexity index is 1930. The first kappa shape index (κ1) is 18.8. The minimum atomic E-state index is 1.19.